The molecule has 0 atom stereocenters. The van der Waals surface area contributed by atoms with E-state index in [-0.39, 0.29) is 5.41 Å². The van der Waals surface area contributed by atoms with Crippen molar-refractivity contribution in [3.63, 3.8) is 0 Å². The highest BCUT2D eigenvalue weighted by atomic mass is 15.0. The van der Waals surface area contributed by atoms with Crippen LogP contribution in [0.2, 0.25) is 0 Å². The largest absolute Gasteiger partial charge is 0.309 e. The van der Waals surface area contributed by atoms with Gasteiger partial charge in [0, 0.05) is 38.6 Å². The Morgan fingerprint density at radius 2 is 0.946 bits per heavy atom. The van der Waals surface area contributed by atoms with E-state index in [1.54, 1.807) is 0 Å². The van der Waals surface area contributed by atoms with Gasteiger partial charge in [-0.1, -0.05) is 159 Å². The maximum absolute atomic E-state index is 5.20. The molecule has 0 fully saturated rings. The van der Waals surface area contributed by atoms with E-state index in [9.17, 15) is 0 Å². The van der Waals surface area contributed by atoms with Crippen molar-refractivity contribution in [2.24, 2.45) is 0 Å². The molecule has 0 unspecified atom stereocenters. The first-order valence-electron chi connectivity index (χ1n) is 19.2. The summed E-state index contributed by atoms with van der Waals surface area (Å²) in [5, 5.41) is 4.86. The van der Waals surface area contributed by atoms with Crippen LogP contribution in [0.5, 0.6) is 0 Å². The molecule has 0 spiro atoms. The standard InChI is InChI=1S/C52H36N4/c1-52(2)45-26-13-11-23-41(45)43-31-44-42-24-12-14-27-47(42)56(48(44)32-46(43)52)38-29-36(40-25-15-21-33-16-9-10-22-39(33)40)28-37(30-38)51-54-49(34-17-5-3-6-18-34)53-50(55-51)35-19-7-4-8-20-35/h3-32H,1-2H3. The van der Waals surface area contributed by atoms with E-state index in [1.807, 2.05) is 36.4 Å². The summed E-state index contributed by atoms with van der Waals surface area (Å²) in [4.78, 5) is 15.4. The zero-order valence-corrected chi connectivity index (χ0v) is 31.1. The Hall–Kier alpha value is -7.17. The van der Waals surface area contributed by atoms with Crippen LogP contribution in [0.25, 0.3) is 94.7 Å². The molecule has 1 aliphatic rings. The van der Waals surface area contributed by atoms with E-state index in [4.69, 9.17) is 15.0 Å². The molecule has 0 radical (unpaired) electrons. The van der Waals surface area contributed by atoms with Gasteiger partial charge >= 0.3 is 0 Å². The predicted molar refractivity (Wildman–Crippen MR) is 231 cm³/mol. The third-order valence-corrected chi connectivity index (χ3v) is 11.6. The Bertz CT molecular complexity index is 3100. The van der Waals surface area contributed by atoms with Crippen LogP contribution in [0.15, 0.2) is 182 Å². The van der Waals surface area contributed by atoms with Crippen molar-refractivity contribution >= 4 is 32.6 Å². The molecule has 0 aliphatic heterocycles. The van der Waals surface area contributed by atoms with Crippen molar-refractivity contribution < 1.29 is 0 Å². The molecule has 1 aliphatic carbocycles. The van der Waals surface area contributed by atoms with Gasteiger partial charge in [-0.3, -0.25) is 0 Å². The van der Waals surface area contributed by atoms with Gasteiger partial charge in [0.25, 0.3) is 0 Å². The van der Waals surface area contributed by atoms with Crippen molar-refractivity contribution in [1.82, 2.24) is 19.5 Å². The summed E-state index contributed by atoms with van der Waals surface area (Å²) in [6.07, 6.45) is 0. The number of aromatic nitrogens is 4. The lowest BCUT2D eigenvalue weighted by Gasteiger charge is -2.22. The minimum atomic E-state index is -0.135. The van der Waals surface area contributed by atoms with E-state index in [0.29, 0.717) is 17.5 Å². The number of hydrogen-bond donors (Lipinski definition) is 0. The van der Waals surface area contributed by atoms with Gasteiger partial charge in [0.1, 0.15) is 0 Å². The second kappa shape index (κ2) is 12.4. The molecule has 264 valence electrons. The molecule has 2 heterocycles. The van der Waals surface area contributed by atoms with Gasteiger partial charge in [-0.15, -0.1) is 0 Å². The number of fused-ring (bicyclic) bond motifs is 7. The fraction of sp³-hybridized carbons (Fsp3) is 0.0577. The Kier molecular flexibility index (Phi) is 7.17. The molecule has 0 bridgehead atoms. The molecule has 0 saturated carbocycles. The average Bonchev–Trinajstić information content (AvgIpc) is 3.70. The summed E-state index contributed by atoms with van der Waals surface area (Å²) in [6, 6.07) is 64.9. The summed E-state index contributed by atoms with van der Waals surface area (Å²) in [5.41, 5.74) is 13.7. The minimum absolute atomic E-state index is 0.135. The van der Waals surface area contributed by atoms with E-state index in [0.717, 1.165) is 39.0 Å². The lowest BCUT2D eigenvalue weighted by atomic mass is 9.82. The molecule has 10 aromatic rings. The molecule has 0 saturated heterocycles. The van der Waals surface area contributed by atoms with Gasteiger partial charge in [-0.2, -0.15) is 0 Å². The Morgan fingerprint density at radius 3 is 1.70 bits per heavy atom. The highest BCUT2D eigenvalue weighted by molar-refractivity contribution is 6.12. The minimum Gasteiger partial charge on any atom is -0.309 e. The van der Waals surface area contributed by atoms with Gasteiger partial charge in [-0.05, 0) is 80.6 Å². The predicted octanol–water partition coefficient (Wildman–Crippen LogP) is 13.1. The summed E-state index contributed by atoms with van der Waals surface area (Å²) < 4.78 is 2.44. The number of hydrogen-bond acceptors (Lipinski definition) is 3. The number of nitrogens with zero attached hydrogens (tertiary/aromatic N) is 4. The van der Waals surface area contributed by atoms with Crippen LogP contribution in [0.1, 0.15) is 25.0 Å². The van der Waals surface area contributed by atoms with Crippen LogP contribution in [0.3, 0.4) is 0 Å². The molecule has 0 amide bonds. The first kappa shape index (κ1) is 32.3. The zero-order chi connectivity index (χ0) is 37.4. The van der Waals surface area contributed by atoms with Crippen molar-refractivity contribution in [3.8, 4) is 62.1 Å². The first-order valence-corrected chi connectivity index (χ1v) is 19.2. The van der Waals surface area contributed by atoms with Crippen LogP contribution in [0, 0.1) is 0 Å². The maximum atomic E-state index is 5.20. The molecule has 4 heteroatoms. The van der Waals surface area contributed by atoms with E-state index in [2.05, 4.69) is 164 Å². The Labute approximate surface area is 325 Å². The molecule has 11 rings (SSSR count). The summed E-state index contributed by atoms with van der Waals surface area (Å²) in [7, 11) is 0. The van der Waals surface area contributed by atoms with Crippen molar-refractivity contribution in [1.29, 1.82) is 0 Å². The van der Waals surface area contributed by atoms with Crippen LogP contribution in [-0.4, -0.2) is 19.5 Å². The lowest BCUT2D eigenvalue weighted by molar-refractivity contribution is 0.661. The Morgan fingerprint density at radius 1 is 0.375 bits per heavy atom. The van der Waals surface area contributed by atoms with Crippen LogP contribution in [0.4, 0.5) is 0 Å². The second-order valence-corrected chi connectivity index (χ2v) is 15.3. The highest BCUT2D eigenvalue weighted by Gasteiger charge is 2.36. The Balaban J connectivity index is 1.22. The number of para-hydroxylation sites is 1. The molecule has 8 aromatic carbocycles. The average molecular weight is 717 g/mol. The number of rotatable bonds is 5. The fourth-order valence-corrected chi connectivity index (χ4v) is 8.88. The molecule has 4 nitrogen and oxygen atoms in total. The van der Waals surface area contributed by atoms with Crippen molar-refractivity contribution in [2.75, 3.05) is 0 Å². The van der Waals surface area contributed by atoms with E-state index in [1.165, 1.54) is 49.3 Å². The molecule has 2 aromatic heterocycles. The SMILES string of the molecule is CC1(C)c2ccccc2-c2cc3c4ccccc4n(-c4cc(-c5nc(-c6ccccc6)nc(-c6ccccc6)n5)cc(-c5cccc6ccccc56)c4)c3cc21. The summed E-state index contributed by atoms with van der Waals surface area (Å²) in [5.74, 6) is 1.90. The smallest absolute Gasteiger partial charge is 0.164 e. The lowest BCUT2D eigenvalue weighted by Crippen LogP contribution is -2.15. The van der Waals surface area contributed by atoms with Crippen LogP contribution >= 0.6 is 0 Å². The van der Waals surface area contributed by atoms with E-state index >= 15 is 0 Å². The van der Waals surface area contributed by atoms with Gasteiger partial charge < -0.3 is 4.57 Å². The van der Waals surface area contributed by atoms with Crippen molar-refractivity contribution in [2.45, 2.75) is 19.3 Å². The normalized spacial score (nSPS) is 13.0. The maximum Gasteiger partial charge on any atom is 0.164 e. The van der Waals surface area contributed by atoms with Gasteiger partial charge in [0.15, 0.2) is 17.5 Å². The van der Waals surface area contributed by atoms with Gasteiger partial charge in [0.05, 0.1) is 11.0 Å². The van der Waals surface area contributed by atoms with Gasteiger partial charge in [0.2, 0.25) is 0 Å². The monoisotopic (exact) mass is 716 g/mol. The molecular formula is C52H36N4. The first-order chi connectivity index (χ1) is 27.5. The van der Waals surface area contributed by atoms with E-state index < -0.39 is 0 Å². The van der Waals surface area contributed by atoms with Crippen LogP contribution < -0.4 is 0 Å². The molecular weight excluding hydrogens is 681 g/mol. The van der Waals surface area contributed by atoms with Gasteiger partial charge in [-0.25, -0.2) is 15.0 Å². The quantitative estimate of drug-likeness (QED) is 0.178. The topological polar surface area (TPSA) is 43.6 Å². The number of benzene rings is 8. The molecule has 56 heavy (non-hydrogen) atoms. The highest BCUT2D eigenvalue weighted by Crippen LogP contribution is 2.51. The fourth-order valence-electron chi connectivity index (χ4n) is 8.88. The summed E-state index contributed by atoms with van der Waals surface area (Å²) in [6.45, 7) is 4.70. The molecule has 0 N–H and O–H groups in total. The second-order valence-electron chi connectivity index (χ2n) is 15.3. The zero-order valence-electron chi connectivity index (χ0n) is 31.1. The third kappa shape index (κ3) is 5.03. The third-order valence-electron chi connectivity index (χ3n) is 11.6. The summed E-state index contributed by atoms with van der Waals surface area (Å²) >= 11 is 0. The van der Waals surface area contributed by atoms with Crippen LogP contribution in [-0.2, 0) is 5.41 Å². The van der Waals surface area contributed by atoms with Crippen molar-refractivity contribution in [3.05, 3.63) is 193 Å².